The fourth-order valence-corrected chi connectivity index (χ4v) is 3.41. The summed E-state index contributed by atoms with van der Waals surface area (Å²) >= 11 is 0. The summed E-state index contributed by atoms with van der Waals surface area (Å²) in [4.78, 5) is 5.06. The van der Waals surface area contributed by atoms with Gasteiger partial charge in [-0.25, -0.2) is 0 Å². The molecule has 0 bridgehead atoms. The monoisotopic (exact) mass is 292 g/mol. The molecule has 1 aromatic carbocycles. The second-order valence-corrected chi connectivity index (χ2v) is 5.83. The van der Waals surface area contributed by atoms with Gasteiger partial charge in [0.05, 0.1) is 11.9 Å². The van der Waals surface area contributed by atoms with Crippen LogP contribution in [0.1, 0.15) is 56.4 Å². The van der Waals surface area contributed by atoms with Gasteiger partial charge in [-0.3, -0.25) is 4.99 Å². The molecule has 1 aromatic rings. The Kier molecular flexibility index (Phi) is 5.90. The third-order valence-electron chi connectivity index (χ3n) is 4.45. The average molecular weight is 293 g/mol. The Hall–Kier alpha value is -1.02. The smallest absolute Gasteiger partial charge is 0.0966 e. The summed E-state index contributed by atoms with van der Waals surface area (Å²) in [5, 5.41) is 3.53. The van der Waals surface area contributed by atoms with Crippen LogP contribution in [0.2, 0.25) is 0 Å². The van der Waals surface area contributed by atoms with Gasteiger partial charge in [-0.1, -0.05) is 43.2 Å². The van der Waals surface area contributed by atoms with Crippen LogP contribution < -0.4 is 5.32 Å². The summed E-state index contributed by atoms with van der Waals surface area (Å²) in [6.45, 7) is 1.11. The van der Waals surface area contributed by atoms with Gasteiger partial charge in [0, 0.05) is 18.9 Å². The highest BCUT2D eigenvalue weighted by molar-refractivity contribution is 5.85. The van der Waals surface area contributed by atoms with Crippen LogP contribution in [0, 0.1) is 0 Å². The van der Waals surface area contributed by atoms with E-state index in [1.165, 1.54) is 49.9 Å². The fraction of sp³-hybridized carbons (Fsp3) is 0.588. The maximum absolute atomic E-state index is 5.06. The van der Waals surface area contributed by atoms with Gasteiger partial charge in [-0.15, -0.1) is 12.4 Å². The van der Waals surface area contributed by atoms with Crippen molar-refractivity contribution in [3.05, 3.63) is 35.9 Å². The predicted octanol–water partition coefficient (Wildman–Crippen LogP) is 4.31. The first-order valence-electron chi connectivity index (χ1n) is 7.79. The van der Waals surface area contributed by atoms with E-state index in [4.69, 9.17) is 4.99 Å². The number of amidine groups is 1. The minimum atomic E-state index is 0. The van der Waals surface area contributed by atoms with Crippen LogP contribution in [-0.4, -0.2) is 18.4 Å². The van der Waals surface area contributed by atoms with Gasteiger partial charge >= 0.3 is 0 Å². The van der Waals surface area contributed by atoms with Crippen molar-refractivity contribution >= 4 is 18.2 Å². The van der Waals surface area contributed by atoms with E-state index in [2.05, 4.69) is 35.6 Å². The molecule has 3 rings (SSSR count). The molecule has 1 N–H and O–H groups in total. The molecule has 0 unspecified atom stereocenters. The third-order valence-corrected chi connectivity index (χ3v) is 4.45. The fourth-order valence-electron chi connectivity index (χ4n) is 3.41. The number of benzene rings is 1. The number of halogens is 1. The zero-order valence-corrected chi connectivity index (χ0v) is 12.9. The molecule has 0 radical (unpaired) electrons. The summed E-state index contributed by atoms with van der Waals surface area (Å²) < 4.78 is 0. The largest absolute Gasteiger partial charge is 0.374 e. The van der Waals surface area contributed by atoms with Crippen LogP contribution in [0.4, 0.5) is 0 Å². The highest BCUT2D eigenvalue weighted by atomic mass is 35.5. The molecular weight excluding hydrogens is 268 g/mol. The Labute approximate surface area is 128 Å². The van der Waals surface area contributed by atoms with Crippen LogP contribution in [-0.2, 0) is 0 Å². The summed E-state index contributed by atoms with van der Waals surface area (Å²) in [5.74, 6) is 1.91. The SMILES string of the molecule is Cl.c1ccc([C@H]2CCC[C@H]2N=C2CCCCCN2)cc1. The van der Waals surface area contributed by atoms with Crippen LogP contribution >= 0.6 is 12.4 Å². The molecule has 0 amide bonds. The first kappa shape index (κ1) is 15.4. The second kappa shape index (κ2) is 7.68. The molecule has 2 nitrogen and oxygen atoms in total. The highest BCUT2D eigenvalue weighted by Crippen LogP contribution is 2.36. The van der Waals surface area contributed by atoms with E-state index in [-0.39, 0.29) is 12.4 Å². The van der Waals surface area contributed by atoms with E-state index in [0.717, 1.165) is 13.0 Å². The molecule has 110 valence electrons. The molecule has 1 heterocycles. The van der Waals surface area contributed by atoms with Crippen LogP contribution in [0.25, 0.3) is 0 Å². The lowest BCUT2D eigenvalue weighted by atomic mass is 9.94. The molecule has 0 aromatic heterocycles. The second-order valence-electron chi connectivity index (χ2n) is 5.83. The standard InChI is InChI=1S/C17H24N2.ClH/c1-3-8-14(9-4-1)15-10-7-11-16(15)19-17-12-5-2-6-13-18-17;/h1,3-4,8-9,15-16H,2,5-7,10-13H2,(H,18,19);1H/t15-,16-;/m1./s1. The average Bonchev–Trinajstić information content (AvgIpc) is 2.75. The van der Waals surface area contributed by atoms with Crippen LogP contribution in [0.3, 0.4) is 0 Å². The highest BCUT2D eigenvalue weighted by Gasteiger charge is 2.28. The van der Waals surface area contributed by atoms with Crippen molar-refractivity contribution in [2.45, 2.75) is 56.9 Å². The topological polar surface area (TPSA) is 24.4 Å². The lowest BCUT2D eigenvalue weighted by Crippen LogP contribution is -2.25. The minimum Gasteiger partial charge on any atom is -0.374 e. The molecule has 2 atom stereocenters. The number of hydrogen-bond donors (Lipinski definition) is 1. The van der Waals surface area contributed by atoms with Crippen molar-refractivity contribution in [1.29, 1.82) is 0 Å². The molecular formula is C17H25ClN2. The molecule has 1 aliphatic heterocycles. The van der Waals surface area contributed by atoms with Gasteiger partial charge in [0.25, 0.3) is 0 Å². The zero-order chi connectivity index (χ0) is 12.9. The Balaban J connectivity index is 0.00000147. The summed E-state index contributed by atoms with van der Waals surface area (Å²) in [5.41, 5.74) is 1.47. The molecule has 20 heavy (non-hydrogen) atoms. The number of rotatable bonds is 2. The maximum Gasteiger partial charge on any atom is 0.0966 e. The lowest BCUT2D eigenvalue weighted by molar-refractivity contribution is 0.610. The van der Waals surface area contributed by atoms with Crippen molar-refractivity contribution in [2.24, 2.45) is 4.99 Å². The normalized spacial score (nSPS) is 28.5. The molecule has 2 fully saturated rings. The minimum absolute atomic E-state index is 0. The summed E-state index contributed by atoms with van der Waals surface area (Å²) in [6, 6.07) is 11.5. The van der Waals surface area contributed by atoms with Gasteiger partial charge in [0.15, 0.2) is 0 Å². The molecule has 0 spiro atoms. The number of aliphatic imine (C=N–C) groups is 1. The maximum atomic E-state index is 5.06. The molecule has 1 aliphatic carbocycles. The molecule has 1 saturated carbocycles. The van der Waals surface area contributed by atoms with E-state index in [0.29, 0.717) is 12.0 Å². The number of nitrogens with one attached hydrogen (secondary N) is 1. The quantitative estimate of drug-likeness (QED) is 0.863. The molecule has 2 aliphatic rings. The third kappa shape index (κ3) is 3.76. The van der Waals surface area contributed by atoms with E-state index in [1.54, 1.807) is 0 Å². The van der Waals surface area contributed by atoms with Crippen LogP contribution in [0.5, 0.6) is 0 Å². The van der Waals surface area contributed by atoms with E-state index < -0.39 is 0 Å². The van der Waals surface area contributed by atoms with E-state index in [9.17, 15) is 0 Å². The predicted molar refractivity (Wildman–Crippen MR) is 88.0 cm³/mol. The number of nitrogens with zero attached hydrogens (tertiary/aromatic N) is 1. The Morgan fingerprint density at radius 1 is 0.950 bits per heavy atom. The molecule has 1 saturated heterocycles. The Morgan fingerprint density at radius 3 is 2.65 bits per heavy atom. The summed E-state index contributed by atoms with van der Waals surface area (Å²) in [6.07, 6.45) is 8.97. The first-order valence-corrected chi connectivity index (χ1v) is 7.79. The summed E-state index contributed by atoms with van der Waals surface area (Å²) in [7, 11) is 0. The van der Waals surface area contributed by atoms with Gasteiger partial charge in [-0.05, 0) is 31.2 Å². The van der Waals surface area contributed by atoms with Crippen LogP contribution in [0.15, 0.2) is 35.3 Å². The van der Waals surface area contributed by atoms with Gasteiger partial charge in [0.1, 0.15) is 0 Å². The van der Waals surface area contributed by atoms with Crippen molar-refractivity contribution in [3.8, 4) is 0 Å². The Morgan fingerprint density at radius 2 is 1.80 bits per heavy atom. The van der Waals surface area contributed by atoms with Gasteiger partial charge < -0.3 is 5.32 Å². The zero-order valence-electron chi connectivity index (χ0n) is 12.1. The first-order chi connectivity index (χ1) is 9.43. The Bertz CT molecular complexity index is 420. The number of hydrogen-bond acceptors (Lipinski definition) is 1. The lowest BCUT2D eigenvalue weighted by Gasteiger charge is -2.18. The van der Waals surface area contributed by atoms with E-state index >= 15 is 0 Å². The van der Waals surface area contributed by atoms with Gasteiger partial charge in [-0.2, -0.15) is 0 Å². The van der Waals surface area contributed by atoms with Gasteiger partial charge in [0.2, 0.25) is 0 Å². The van der Waals surface area contributed by atoms with Crippen molar-refractivity contribution in [3.63, 3.8) is 0 Å². The van der Waals surface area contributed by atoms with Crippen molar-refractivity contribution in [1.82, 2.24) is 5.32 Å². The van der Waals surface area contributed by atoms with Crippen molar-refractivity contribution in [2.75, 3.05) is 6.54 Å². The van der Waals surface area contributed by atoms with Crippen molar-refractivity contribution < 1.29 is 0 Å². The molecule has 3 heteroatoms. The van der Waals surface area contributed by atoms with E-state index in [1.807, 2.05) is 0 Å².